The molecule has 1 unspecified atom stereocenters. The highest BCUT2D eigenvalue weighted by Crippen LogP contribution is 2.30. The van der Waals surface area contributed by atoms with Crippen LogP contribution in [0.25, 0.3) is 0 Å². The molecule has 0 radical (unpaired) electrons. The molecule has 2 N–H and O–H groups in total. The van der Waals surface area contributed by atoms with Crippen LogP contribution < -0.4 is 11.2 Å². The van der Waals surface area contributed by atoms with Gasteiger partial charge in [0.25, 0.3) is 5.56 Å². The number of nitrogens with zero attached hydrogens (tertiary/aromatic N) is 1. The number of hydrogen-bond acceptors (Lipinski definition) is 6. The number of aromatic amines is 1. The number of ether oxygens (including phenoxy) is 2. The number of aromatic nitrogens is 2. The third kappa shape index (κ3) is 3.29. The van der Waals surface area contributed by atoms with Gasteiger partial charge in [-0.25, -0.2) is 9.59 Å². The molecule has 1 aromatic heterocycles. The van der Waals surface area contributed by atoms with Gasteiger partial charge in [-0.1, -0.05) is 18.2 Å². The predicted octanol–water partition coefficient (Wildman–Crippen LogP) is 0.0420. The van der Waals surface area contributed by atoms with E-state index >= 15 is 0 Å². The van der Waals surface area contributed by atoms with Crippen LogP contribution in [0.1, 0.15) is 23.0 Å². The Morgan fingerprint density at radius 2 is 2.04 bits per heavy atom. The molecule has 1 aliphatic heterocycles. The van der Waals surface area contributed by atoms with Crippen molar-refractivity contribution in [2.45, 2.75) is 24.9 Å². The SMILES string of the molecule is O=C(OC1C[C@@H](CO)O[C@H]1n1ccc(=O)[nH]c1=O)c1ccccc1. The first-order valence-corrected chi connectivity index (χ1v) is 7.42. The van der Waals surface area contributed by atoms with Crippen LogP contribution >= 0.6 is 0 Å². The van der Waals surface area contributed by atoms with Gasteiger partial charge in [0.1, 0.15) is 6.10 Å². The number of esters is 1. The van der Waals surface area contributed by atoms with E-state index in [1.165, 1.54) is 12.3 Å². The quantitative estimate of drug-likeness (QED) is 0.765. The van der Waals surface area contributed by atoms with Crippen molar-refractivity contribution in [3.05, 3.63) is 69.0 Å². The summed E-state index contributed by atoms with van der Waals surface area (Å²) in [6.07, 6.45) is -0.736. The minimum absolute atomic E-state index is 0.241. The van der Waals surface area contributed by atoms with Gasteiger partial charge in [0.2, 0.25) is 0 Å². The number of hydrogen-bond donors (Lipinski definition) is 2. The van der Waals surface area contributed by atoms with E-state index in [1.807, 2.05) is 0 Å². The predicted molar refractivity (Wildman–Crippen MR) is 82.6 cm³/mol. The Morgan fingerprint density at radius 3 is 2.71 bits per heavy atom. The fraction of sp³-hybridized carbons (Fsp3) is 0.312. The first-order chi connectivity index (χ1) is 11.6. The minimum atomic E-state index is -0.917. The van der Waals surface area contributed by atoms with Crippen LogP contribution in [-0.2, 0) is 9.47 Å². The van der Waals surface area contributed by atoms with Gasteiger partial charge in [-0.2, -0.15) is 0 Å². The fourth-order valence-electron chi connectivity index (χ4n) is 2.59. The van der Waals surface area contributed by atoms with E-state index in [0.29, 0.717) is 5.56 Å². The van der Waals surface area contributed by atoms with Gasteiger partial charge in [0.15, 0.2) is 6.23 Å². The molecule has 0 saturated carbocycles. The van der Waals surface area contributed by atoms with Crippen molar-refractivity contribution in [1.82, 2.24) is 9.55 Å². The first kappa shape index (κ1) is 16.2. The van der Waals surface area contributed by atoms with E-state index < -0.39 is 35.7 Å². The summed E-state index contributed by atoms with van der Waals surface area (Å²) >= 11 is 0. The number of rotatable bonds is 4. The Kier molecular flexibility index (Phi) is 4.59. The number of H-pyrrole nitrogens is 1. The van der Waals surface area contributed by atoms with E-state index in [0.717, 1.165) is 4.57 Å². The van der Waals surface area contributed by atoms with E-state index in [2.05, 4.69) is 4.98 Å². The Labute approximate surface area is 136 Å². The molecule has 0 aliphatic carbocycles. The van der Waals surface area contributed by atoms with Crippen LogP contribution in [0.2, 0.25) is 0 Å². The lowest BCUT2D eigenvalue weighted by molar-refractivity contribution is -0.0602. The Balaban J connectivity index is 1.85. The van der Waals surface area contributed by atoms with Gasteiger partial charge in [-0.3, -0.25) is 14.3 Å². The highest BCUT2D eigenvalue weighted by Gasteiger charge is 2.39. The van der Waals surface area contributed by atoms with Gasteiger partial charge < -0.3 is 14.6 Å². The topological polar surface area (TPSA) is 111 Å². The summed E-state index contributed by atoms with van der Waals surface area (Å²) in [6, 6.07) is 9.60. The zero-order valence-electron chi connectivity index (χ0n) is 12.6. The minimum Gasteiger partial charge on any atom is -0.454 e. The molecule has 0 amide bonds. The van der Waals surface area contributed by atoms with Crippen LogP contribution in [0, 0.1) is 0 Å². The van der Waals surface area contributed by atoms with Crippen molar-refractivity contribution < 1.29 is 19.4 Å². The summed E-state index contributed by atoms with van der Waals surface area (Å²) in [5.41, 5.74) is -0.838. The summed E-state index contributed by atoms with van der Waals surface area (Å²) in [5.74, 6) is -0.551. The van der Waals surface area contributed by atoms with Crippen molar-refractivity contribution in [3.63, 3.8) is 0 Å². The molecular formula is C16H16N2O6. The molecule has 8 nitrogen and oxygen atoms in total. The second-order valence-corrected chi connectivity index (χ2v) is 5.39. The lowest BCUT2D eigenvalue weighted by atomic mass is 10.2. The summed E-state index contributed by atoms with van der Waals surface area (Å²) in [7, 11) is 0. The fourth-order valence-corrected chi connectivity index (χ4v) is 2.59. The molecule has 8 heteroatoms. The van der Waals surface area contributed by atoms with Gasteiger partial charge in [0.05, 0.1) is 18.3 Å². The second kappa shape index (κ2) is 6.81. The van der Waals surface area contributed by atoms with Crippen LogP contribution in [0.15, 0.2) is 52.2 Å². The molecule has 1 aliphatic rings. The standard InChI is InChI=1S/C16H16N2O6/c19-9-11-8-12(24-15(21)10-4-2-1-3-5-10)14(23-11)18-7-6-13(20)17-16(18)22/h1-7,11-12,14,19H,8-9H2,(H,17,20,22)/t11-,12?,14+/m0/s1. The number of carbonyl (C=O) groups is 1. The molecule has 1 saturated heterocycles. The maximum Gasteiger partial charge on any atom is 0.338 e. The molecule has 1 fully saturated rings. The highest BCUT2D eigenvalue weighted by atomic mass is 16.6. The zero-order chi connectivity index (χ0) is 17.1. The first-order valence-electron chi connectivity index (χ1n) is 7.42. The Hall–Kier alpha value is -2.71. The maximum atomic E-state index is 12.2. The smallest absolute Gasteiger partial charge is 0.338 e. The van der Waals surface area contributed by atoms with Gasteiger partial charge in [-0.05, 0) is 12.1 Å². The molecule has 0 spiro atoms. The van der Waals surface area contributed by atoms with E-state index in [1.54, 1.807) is 30.3 Å². The molecule has 3 rings (SSSR count). The van der Waals surface area contributed by atoms with Gasteiger partial charge in [-0.15, -0.1) is 0 Å². The molecule has 2 aromatic rings. The zero-order valence-corrected chi connectivity index (χ0v) is 12.6. The average molecular weight is 332 g/mol. The molecule has 1 aromatic carbocycles. The van der Waals surface area contributed by atoms with Crippen molar-refractivity contribution in [1.29, 1.82) is 0 Å². The molecule has 2 heterocycles. The van der Waals surface area contributed by atoms with E-state index in [4.69, 9.17) is 9.47 Å². The van der Waals surface area contributed by atoms with Gasteiger partial charge >= 0.3 is 11.7 Å². The normalized spacial score (nSPS) is 23.1. The van der Waals surface area contributed by atoms with Crippen LogP contribution in [0.5, 0.6) is 0 Å². The third-order valence-corrected chi connectivity index (χ3v) is 3.74. The molecular weight excluding hydrogens is 316 g/mol. The van der Waals surface area contributed by atoms with Crippen LogP contribution in [-0.4, -0.2) is 39.4 Å². The Morgan fingerprint density at radius 1 is 1.29 bits per heavy atom. The second-order valence-electron chi connectivity index (χ2n) is 5.39. The largest absolute Gasteiger partial charge is 0.454 e. The van der Waals surface area contributed by atoms with E-state index in [9.17, 15) is 19.5 Å². The van der Waals surface area contributed by atoms with Crippen molar-refractivity contribution in [2.75, 3.05) is 6.61 Å². The Bertz CT molecular complexity index is 828. The maximum absolute atomic E-state index is 12.2. The van der Waals surface area contributed by atoms with Crippen LogP contribution in [0.3, 0.4) is 0 Å². The van der Waals surface area contributed by atoms with Gasteiger partial charge in [0, 0.05) is 18.7 Å². The lowest BCUT2D eigenvalue weighted by Gasteiger charge is -2.20. The molecule has 3 atom stereocenters. The number of aliphatic hydroxyl groups excluding tert-OH is 1. The van der Waals surface area contributed by atoms with Crippen LogP contribution in [0.4, 0.5) is 0 Å². The summed E-state index contributed by atoms with van der Waals surface area (Å²) in [4.78, 5) is 37.5. The summed E-state index contributed by atoms with van der Waals surface area (Å²) in [5, 5.41) is 9.30. The number of nitrogens with one attached hydrogen (secondary N) is 1. The van der Waals surface area contributed by atoms with Crippen molar-refractivity contribution >= 4 is 5.97 Å². The lowest BCUT2D eigenvalue weighted by Crippen LogP contribution is -2.36. The number of aliphatic hydroxyl groups is 1. The average Bonchev–Trinajstić information content (AvgIpc) is 2.98. The summed E-state index contributed by atoms with van der Waals surface area (Å²) < 4.78 is 12.2. The molecule has 126 valence electrons. The number of benzene rings is 1. The monoisotopic (exact) mass is 332 g/mol. The van der Waals surface area contributed by atoms with Crippen molar-refractivity contribution in [2.24, 2.45) is 0 Å². The van der Waals surface area contributed by atoms with Crippen molar-refractivity contribution in [3.8, 4) is 0 Å². The highest BCUT2D eigenvalue weighted by molar-refractivity contribution is 5.89. The summed E-state index contributed by atoms with van der Waals surface area (Å²) in [6.45, 7) is -0.270. The van der Waals surface area contributed by atoms with E-state index in [-0.39, 0.29) is 13.0 Å². The number of carbonyl (C=O) groups excluding carboxylic acids is 1. The molecule has 0 bridgehead atoms. The molecule has 24 heavy (non-hydrogen) atoms. The third-order valence-electron chi connectivity index (χ3n) is 3.74.